The molecule has 3 N–H and O–H groups in total. The first kappa shape index (κ1) is 13.3. The Labute approximate surface area is 105 Å². The largest absolute Gasteiger partial charge is 0.330 e. The van der Waals surface area contributed by atoms with Crippen molar-refractivity contribution in [3.05, 3.63) is 28.2 Å². The molecule has 0 saturated heterocycles. The first-order chi connectivity index (χ1) is 7.54. The smallest absolute Gasteiger partial charge is 0.227 e. The van der Waals surface area contributed by atoms with Crippen LogP contribution in [0.1, 0.15) is 13.3 Å². The van der Waals surface area contributed by atoms with Crippen molar-refractivity contribution in [3.63, 3.8) is 0 Å². The van der Waals surface area contributed by atoms with E-state index in [1.165, 1.54) is 0 Å². The molecule has 0 aliphatic carbocycles. The molecule has 0 fully saturated rings. The zero-order valence-corrected chi connectivity index (χ0v) is 10.5. The van der Waals surface area contributed by atoms with Crippen LogP contribution >= 0.6 is 23.2 Å². The van der Waals surface area contributed by atoms with Crippen molar-refractivity contribution in [3.8, 4) is 0 Å². The van der Waals surface area contributed by atoms with Crippen LogP contribution in [-0.4, -0.2) is 12.5 Å². The fraction of sp³-hybridized carbons (Fsp3) is 0.364. The van der Waals surface area contributed by atoms with Crippen LogP contribution in [0.2, 0.25) is 10.0 Å². The molecule has 1 aromatic rings. The number of rotatable bonds is 4. The molecule has 0 aromatic heterocycles. The van der Waals surface area contributed by atoms with E-state index < -0.39 is 0 Å². The Bertz CT molecular complexity index is 382. The average Bonchev–Trinajstić information content (AvgIpc) is 2.23. The lowest BCUT2D eigenvalue weighted by molar-refractivity contribution is -0.119. The van der Waals surface area contributed by atoms with Crippen molar-refractivity contribution in [2.45, 2.75) is 13.3 Å². The molecule has 3 nitrogen and oxygen atoms in total. The van der Waals surface area contributed by atoms with Crippen LogP contribution in [0.3, 0.4) is 0 Å². The highest BCUT2D eigenvalue weighted by molar-refractivity contribution is 6.35. The predicted octanol–water partition coefficient (Wildman–Crippen LogP) is 2.92. The number of anilines is 1. The predicted molar refractivity (Wildman–Crippen MR) is 67.9 cm³/mol. The van der Waals surface area contributed by atoms with Gasteiger partial charge in [-0.15, -0.1) is 0 Å². The summed E-state index contributed by atoms with van der Waals surface area (Å²) in [4.78, 5) is 11.7. The topological polar surface area (TPSA) is 55.1 Å². The molecule has 16 heavy (non-hydrogen) atoms. The Morgan fingerprint density at radius 3 is 2.81 bits per heavy atom. The summed E-state index contributed by atoms with van der Waals surface area (Å²) >= 11 is 11.7. The Kier molecular flexibility index (Phi) is 5.06. The number of benzene rings is 1. The van der Waals surface area contributed by atoms with Crippen LogP contribution in [-0.2, 0) is 4.79 Å². The summed E-state index contributed by atoms with van der Waals surface area (Å²) in [5.41, 5.74) is 5.92. The van der Waals surface area contributed by atoms with Crippen molar-refractivity contribution < 1.29 is 4.79 Å². The number of halogens is 2. The first-order valence-corrected chi connectivity index (χ1v) is 5.76. The van der Waals surface area contributed by atoms with Gasteiger partial charge in [0.2, 0.25) is 5.91 Å². The van der Waals surface area contributed by atoms with E-state index in [4.69, 9.17) is 28.9 Å². The van der Waals surface area contributed by atoms with Crippen LogP contribution < -0.4 is 11.1 Å². The molecule has 1 atom stereocenters. The normalized spacial score (nSPS) is 12.2. The number of hydrogen-bond donors (Lipinski definition) is 2. The zero-order valence-electron chi connectivity index (χ0n) is 8.97. The van der Waals surface area contributed by atoms with E-state index in [0.717, 1.165) is 0 Å². The van der Waals surface area contributed by atoms with E-state index >= 15 is 0 Å². The number of nitrogens with two attached hydrogens (primary N) is 1. The first-order valence-electron chi connectivity index (χ1n) is 5.00. The van der Waals surface area contributed by atoms with Gasteiger partial charge in [0.15, 0.2) is 0 Å². The van der Waals surface area contributed by atoms with Gasteiger partial charge in [0.25, 0.3) is 0 Å². The molecule has 1 unspecified atom stereocenters. The van der Waals surface area contributed by atoms with Crippen LogP contribution in [0.15, 0.2) is 18.2 Å². The van der Waals surface area contributed by atoms with Gasteiger partial charge < -0.3 is 11.1 Å². The Morgan fingerprint density at radius 2 is 2.19 bits per heavy atom. The minimum absolute atomic E-state index is 0.102. The average molecular weight is 261 g/mol. The molecular weight excluding hydrogens is 247 g/mol. The van der Waals surface area contributed by atoms with E-state index in [0.29, 0.717) is 28.7 Å². The lowest BCUT2D eigenvalue weighted by Gasteiger charge is -2.12. The van der Waals surface area contributed by atoms with Crippen molar-refractivity contribution in [2.75, 3.05) is 11.9 Å². The van der Waals surface area contributed by atoms with E-state index in [1.807, 2.05) is 6.92 Å². The molecule has 0 bridgehead atoms. The van der Waals surface area contributed by atoms with E-state index in [1.54, 1.807) is 18.2 Å². The minimum atomic E-state index is -0.139. The Balaban J connectivity index is 2.72. The Hall–Kier alpha value is -0.770. The van der Waals surface area contributed by atoms with Crippen molar-refractivity contribution in [1.29, 1.82) is 0 Å². The standard InChI is InChI=1S/C11H14Cl2N2O/c1-7(4-5-14)11(16)15-10-6-8(12)2-3-9(10)13/h2-3,6-7H,4-5,14H2,1H3,(H,15,16). The number of carbonyl (C=O) groups excluding carboxylic acids is 1. The van der Waals surface area contributed by atoms with Gasteiger partial charge in [0, 0.05) is 10.9 Å². The summed E-state index contributed by atoms with van der Waals surface area (Å²) in [5.74, 6) is -0.241. The number of hydrogen-bond acceptors (Lipinski definition) is 2. The lowest BCUT2D eigenvalue weighted by Crippen LogP contribution is -2.22. The summed E-state index contributed by atoms with van der Waals surface area (Å²) in [7, 11) is 0. The Morgan fingerprint density at radius 1 is 1.50 bits per heavy atom. The molecule has 5 heteroatoms. The molecule has 0 aliphatic rings. The van der Waals surface area contributed by atoms with Crippen LogP contribution in [0.5, 0.6) is 0 Å². The maximum absolute atomic E-state index is 11.7. The van der Waals surface area contributed by atoms with Crippen LogP contribution in [0.25, 0.3) is 0 Å². The molecule has 1 aromatic carbocycles. The van der Waals surface area contributed by atoms with Crippen molar-refractivity contribution >= 4 is 34.8 Å². The summed E-state index contributed by atoms with van der Waals surface area (Å²) in [6.45, 7) is 2.30. The number of carbonyl (C=O) groups is 1. The van der Waals surface area contributed by atoms with Gasteiger partial charge in [-0.05, 0) is 31.2 Å². The summed E-state index contributed by atoms with van der Waals surface area (Å²) in [6.07, 6.45) is 0.643. The van der Waals surface area contributed by atoms with E-state index in [9.17, 15) is 4.79 Å². The summed E-state index contributed by atoms with van der Waals surface area (Å²) < 4.78 is 0. The molecule has 0 spiro atoms. The third-order valence-corrected chi connectivity index (χ3v) is 2.80. The van der Waals surface area contributed by atoms with Gasteiger partial charge in [-0.2, -0.15) is 0 Å². The zero-order chi connectivity index (χ0) is 12.1. The highest BCUT2D eigenvalue weighted by Crippen LogP contribution is 2.25. The minimum Gasteiger partial charge on any atom is -0.330 e. The summed E-state index contributed by atoms with van der Waals surface area (Å²) in [5, 5.41) is 3.73. The maximum atomic E-state index is 11.7. The van der Waals surface area contributed by atoms with Gasteiger partial charge in [0.05, 0.1) is 10.7 Å². The molecule has 1 amide bonds. The molecule has 1 rings (SSSR count). The van der Waals surface area contributed by atoms with E-state index in [-0.39, 0.29) is 11.8 Å². The van der Waals surface area contributed by atoms with Crippen LogP contribution in [0, 0.1) is 5.92 Å². The second-order valence-electron chi connectivity index (χ2n) is 3.59. The van der Waals surface area contributed by atoms with Crippen molar-refractivity contribution in [1.82, 2.24) is 0 Å². The van der Waals surface area contributed by atoms with Gasteiger partial charge in [-0.3, -0.25) is 4.79 Å². The molecule has 0 aliphatic heterocycles. The van der Waals surface area contributed by atoms with Gasteiger partial charge in [-0.1, -0.05) is 30.1 Å². The van der Waals surface area contributed by atoms with Crippen LogP contribution in [0.4, 0.5) is 5.69 Å². The fourth-order valence-electron chi connectivity index (χ4n) is 1.23. The highest BCUT2D eigenvalue weighted by atomic mass is 35.5. The molecule has 0 heterocycles. The number of amides is 1. The van der Waals surface area contributed by atoms with Crippen molar-refractivity contribution in [2.24, 2.45) is 11.7 Å². The third-order valence-electron chi connectivity index (χ3n) is 2.23. The van der Waals surface area contributed by atoms with E-state index in [2.05, 4.69) is 5.32 Å². The fourth-order valence-corrected chi connectivity index (χ4v) is 1.57. The van der Waals surface area contributed by atoms with Gasteiger partial charge >= 0.3 is 0 Å². The molecule has 0 radical (unpaired) electrons. The lowest BCUT2D eigenvalue weighted by atomic mass is 10.1. The summed E-state index contributed by atoms with van der Waals surface area (Å²) in [6, 6.07) is 4.94. The monoisotopic (exact) mass is 260 g/mol. The third kappa shape index (κ3) is 3.67. The molecule has 0 saturated carbocycles. The highest BCUT2D eigenvalue weighted by Gasteiger charge is 2.13. The second kappa shape index (κ2) is 6.09. The maximum Gasteiger partial charge on any atom is 0.227 e. The molecular formula is C11H14Cl2N2O. The van der Waals surface area contributed by atoms with Gasteiger partial charge in [-0.25, -0.2) is 0 Å². The van der Waals surface area contributed by atoms with Gasteiger partial charge in [0.1, 0.15) is 0 Å². The molecule has 88 valence electrons. The second-order valence-corrected chi connectivity index (χ2v) is 4.44. The number of nitrogens with one attached hydrogen (secondary N) is 1. The SMILES string of the molecule is CC(CCN)C(=O)Nc1cc(Cl)ccc1Cl. The quantitative estimate of drug-likeness (QED) is 0.875.